The average Bonchev–Trinajstić information content (AvgIpc) is 4.00. The molecule has 0 saturated carbocycles. The lowest BCUT2D eigenvalue weighted by atomic mass is 9.78. The lowest BCUT2D eigenvalue weighted by molar-refractivity contribution is -0.201. The highest BCUT2D eigenvalue weighted by Gasteiger charge is 2.44. The van der Waals surface area contributed by atoms with Gasteiger partial charge in [-0.25, -0.2) is 9.59 Å². The van der Waals surface area contributed by atoms with Crippen molar-refractivity contribution in [1.82, 2.24) is 19.9 Å². The number of hydrogen-bond acceptors (Lipinski definition) is 20. The van der Waals surface area contributed by atoms with Crippen molar-refractivity contribution in [3.8, 4) is 0 Å². The van der Waals surface area contributed by atoms with Gasteiger partial charge < -0.3 is 39.2 Å². The molecule has 0 radical (unpaired) electrons. The van der Waals surface area contributed by atoms with Crippen LogP contribution in [0.1, 0.15) is 191 Å². The van der Waals surface area contributed by atoms with Gasteiger partial charge in [-0.2, -0.15) is 11.8 Å². The van der Waals surface area contributed by atoms with E-state index in [1.54, 1.807) is 11.8 Å². The zero-order valence-corrected chi connectivity index (χ0v) is 54.9. The van der Waals surface area contributed by atoms with Crippen LogP contribution in [0.25, 0.3) is 0 Å². The van der Waals surface area contributed by atoms with Crippen LogP contribution < -0.4 is 0 Å². The average molecular weight is 1240 g/mol. The molecule has 20 nitrogen and oxygen atoms in total. The van der Waals surface area contributed by atoms with Crippen molar-refractivity contribution in [1.29, 1.82) is 0 Å². The number of aliphatic carboxylic acids is 2. The molecule has 470 valence electrons. The first-order chi connectivity index (χ1) is 38.0. The summed E-state index contributed by atoms with van der Waals surface area (Å²) >= 11 is 10.4. The van der Waals surface area contributed by atoms with E-state index in [-0.39, 0.29) is 82.2 Å². The largest absolute Gasteiger partial charge is 0.481 e. The highest BCUT2D eigenvalue weighted by Crippen LogP contribution is 2.42. The van der Waals surface area contributed by atoms with E-state index >= 15 is 0 Å². The Hall–Kier alpha value is -3.84. The van der Waals surface area contributed by atoms with E-state index in [4.69, 9.17) is 31.4 Å². The van der Waals surface area contributed by atoms with Crippen molar-refractivity contribution < 1.29 is 77.3 Å². The van der Waals surface area contributed by atoms with Crippen LogP contribution in [0.2, 0.25) is 0 Å². The number of thioether (sulfide) groups is 3. The molecule has 5 unspecified atom stereocenters. The number of esters is 2. The Morgan fingerprint density at radius 3 is 1.24 bits per heavy atom. The van der Waals surface area contributed by atoms with Crippen molar-refractivity contribution in [2.75, 3.05) is 60.7 Å². The quantitative estimate of drug-likeness (QED) is 0.0252. The number of rotatable bonds is 38. The maximum Gasteiger partial charge on any atom is 0.336 e. The fraction of sp³-hybridized carbons (Fsp3) is 0.810. The summed E-state index contributed by atoms with van der Waals surface area (Å²) in [5.41, 5.74) is -2.52. The minimum Gasteiger partial charge on any atom is -0.481 e. The van der Waals surface area contributed by atoms with Gasteiger partial charge in [0, 0.05) is 53.5 Å². The van der Waals surface area contributed by atoms with E-state index in [2.05, 4.69) is 13.8 Å². The first-order valence-electron chi connectivity index (χ1n) is 28.7. The summed E-state index contributed by atoms with van der Waals surface area (Å²) in [4.78, 5) is 139. The number of carboxylic acid groups (broad SMARTS) is 2. The molecule has 0 aromatic rings. The number of carboxylic acids is 2. The van der Waals surface area contributed by atoms with Gasteiger partial charge in [-0.3, -0.25) is 38.4 Å². The zero-order chi connectivity index (χ0) is 62.8. The molecule has 2 fully saturated rings. The van der Waals surface area contributed by atoms with Gasteiger partial charge >= 0.3 is 35.8 Å². The third kappa shape index (κ3) is 29.8. The summed E-state index contributed by atoms with van der Waals surface area (Å²) in [5, 5.41) is 20.8. The SMILES string of the molecule is CCCCCCCCCCC(C)SC(=S)SC(C)(C)CC(CC(CC(C)(C)C(=O)O)C(=O)OCCN(C)C)C(=O)ON1C(=O)CCC1=O.CSC(C)(C)CC(CC(CC(C)(C)C(=O)O)C(=O)OCCN(C)C)C(=O)ON1C(=O)CCC1=O. The van der Waals surface area contributed by atoms with Crippen LogP contribution in [0, 0.1) is 34.5 Å². The van der Waals surface area contributed by atoms with E-state index in [0.717, 1.165) is 16.4 Å². The topological polar surface area (TPSA) is 261 Å². The van der Waals surface area contributed by atoms with Crippen molar-refractivity contribution in [2.24, 2.45) is 34.5 Å². The second-order valence-electron chi connectivity index (χ2n) is 24.6. The number of likely N-dealkylation sites (N-methyl/N-ethyl adjacent to an activating group) is 2. The van der Waals surface area contributed by atoms with Gasteiger partial charge in [0.2, 0.25) is 0 Å². The first kappa shape index (κ1) is 76.2. The summed E-state index contributed by atoms with van der Waals surface area (Å²) in [6.07, 6.45) is 13.2. The van der Waals surface area contributed by atoms with Crippen LogP contribution in [-0.2, 0) is 67.1 Å². The molecular formula is C58H98N4O16S4. The number of unbranched alkanes of at least 4 members (excludes halogenated alkanes) is 7. The number of nitrogens with zero attached hydrogens (tertiary/aromatic N) is 4. The lowest BCUT2D eigenvalue weighted by Crippen LogP contribution is -2.39. The molecule has 4 amide bonds. The zero-order valence-electron chi connectivity index (χ0n) is 51.7. The molecule has 0 aliphatic carbocycles. The van der Waals surface area contributed by atoms with Crippen molar-refractivity contribution in [2.45, 2.75) is 206 Å². The standard InChI is InChI=1S/C35H60N2O8S3.C23H38N2O8S/c1-9-10-11-12-13-14-15-16-17-25(2)47-33(46)48-35(5,6)24-27(31(41)45-37-28(38)18-19-29(37)39)22-26(23-34(3,4)32(42)43)30(40)44-21-20-36(7)8;1-22(2,21(30)31)13-15(19(28)32-11-10-24(5)6)12-16(14-23(3,4)34-7)20(29)33-25-17(26)8-9-18(25)27/h25-27H,9-24H2,1-8H3,(H,42,43);15-16H,8-14H2,1-7H3,(H,30,31). The molecule has 5 atom stereocenters. The highest BCUT2D eigenvalue weighted by molar-refractivity contribution is 8.47. The number of imide groups is 2. The number of hydrogen-bond donors (Lipinski definition) is 2. The van der Waals surface area contributed by atoms with Crippen molar-refractivity contribution >= 4 is 110 Å². The first-order valence-corrected chi connectivity index (χ1v) is 32.0. The smallest absolute Gasteiger partial charge is 0.336 e. The number of carbonyl (C=O) groups is 10. The number of amides is 4. The minimum absolute atomic E-state index is 0.0271. The Labute approximate surface area is 506 Å². The van der Waals surface area contributed by atoms with E-state index in [1.807, 2.05) is 71.9 Å². The van der Waals surface area contributed by atoms with Crippen LogP contribution in [-0.4, -0.2) is 169 Å². The van der Waals surface area contributed by atoms with Crippen LogP contribution in [0.4, 0.5) is 0 Å². The van der Waals surface area contributed by atoms with Crippen LogP contribution in [0.3, 0.4) is 0 Å². The minimum atomic E-state index is -1.28. The fourth-order valence-electron chi connectivity index (χ4n) is 9.03. The lowest BCUT2D eigenvalue weighted by Gasteiger charge is -2.32. The Balaban J connectivity index is 0.000000869. The van der Waals surface area contributed by atoms with Gasteiger partial charge in [0.15, 0.2) is 0 Å². The molecule has 2 aliphatic heterocycles. The Morgan fingerprint density at radius 1 is 0.561 bits per heavy atom. The molecule has 2 rings (SSSR count). The molecule has 0 aromatic carbocycles. The van der Waals surface area contributed by atoms with Crippen LogP contribution >= 0.6 is 47.5 Å². The molecule has 2 saturated heterocycles. The molecule has 0 spiro atoms. The third-order valence-electron chi connectivity index (χ3n) is 14.2. The van der Waals surface area contributed by atoms with Gasteiger partial charge in [0.25, 0.3) is 23.6 Å². The van der Waals surface area contributed by atoms with Gasteiger partial charge in [0.1, 0.15) is 16.7 Å². The molecule has 0 bridgehead atoms. The molecule has 2 N–H and O–H groups in total. The Kier molecular flexibility index (Phi) is 34.3. The second-order valence-corrected chi connectivity index (χ2v) is 30.5. The molecule has 2 aliphatic rings. The third-order valence-corrected chi connectivity index (χ3v) is 18.3. The summed E-state index contributed by atoms with van der Waals surface area (Å²) in [5.74, 6) is -11.0. The van der Waals surface area contributed by atoms with Crippen molar-refractivity contribution in [3.63, 3.8) is 0 Å². The Morgan fingerprint density at radius 2 is 0.902 bits per heavy atom. The summed E-state index contributed by atoms with van der Waals surface area (Å²) in [7, 11) is 7.34. The van der Waals surface area contributed by atoms with Crippen LogP contribution in [0.15, 0.2) is 0 Å². The second kappa shape index (κ2) is 36.9. The number of thiocarbonyl (C=S) groups is 1. The number of hydroxylamine groups is 4. The fourth-order valence-corrected chi connectivity index (χ4v) is 13.3. The highest BCUT2D eigenvalue weighted by atomic mass is 32.2. The summed E-state index contributed by atoms with van der Waals surface area (Å²) in [6, 6.07) is 0. The molecule has 2 heterocycles. The van der Waals surface area contributed by atoms with E-state index < -0.39 is 98.7 Å². The van der Waals surface area contributed by atoms with E-state index in [9.17, 15) is 58.2 Å². The summed E-state index contributed by atoms with van der Waals surface area (Å²) < 4.78 is 10.7. The molecule has 0 aromatic heterocycles. The number of carbonyl (C=O) groups excluding carboxylic acids is 8. The molecule has 82 heavy (non-hydrogen) atoms. The van der Waals surface area contributed by atoms with E-state index in [0.29, 0.717) is 28.5 Å². The van der Waals surface area contributed by atoms with Crippen molar-refractivity contribution in [3.05, 3.63) is 0 Å². The Bertz CT molecular complexity index is 2120. The van der Waals surface area contributed by atoms with Crippen LogP contribution in [0.5, 0.6) is 0 Å². The molecular weight excluding hydrogens is 1140 g/mol. The number of ether oxygens (including phenoxy) is 2. The van der Waals surface area contributed by atoms with Gasteiger partial charge in [-0.1, -0.05) is 105 Å². The maximum absolute atomic E-state index is 13.6. The van der Waals surface area contributed by atoms with Gasteiger partial charge in [0.05, 0.1) is 34.5 Å². The monoisotopic (exact) mass is 1230 g/mol. The predicted molar refractivity (Wildman–Crippen MR) is 324 cm³/mol. The molecule has 24 heteroatoms. The van der Waals surface area contributed by atoms with Gasteiger partial charge in [-0.05, 0) is 107 Å². The predicted octanol–water partition coefficient (Wildman–Crippen LogP) is 10.0. The van der Waals surface area contributed by atoms with E-state index in [1.165, 1.54) is 96.2 Å². The van der Waals surface area contributed by atoms with Gasteiger partial charge in [-0.15, -0.1) is 33.7 Å². The maximum atomic E-state index is 13.6. The normalized spacial score (nSPS) is 16.1. The summed E-state index contributed by atoms with van der Waals surface area (Å²) in [6.45, 7) is 19.4.